The minimum Gasteiger partial charge on any atom is -0.496 e. The number of hydrogen-bond donors (Lipinski definition) is 0. The molecule has 6 heteroatoms. The van der Waals surface area contributed by atoms with Crippen LogP contribution in [0.2, 0.25) is 0 Å². The molecule has 4 rings (SSSR count). The number of carbonyl (C=O) groups excluding carboxylic acids is 1. The van der Waals surface area contributed by atoms with Crippen molar-refractivity contribution in [2.45, 2.75) is 13.0 Å². The molecule has 34 heavy (non-hydrogen) atoms. The molecular formula is C28H22F2O3S. The Kier molecular flexibility index (Phi) is 7.50. The zero-order valence-corrected chi connectivity index (χ0v) is 19.3. The molecule has 172 valence electrons. The summed E-state index contributed by atoms with van der Waals surface area (Å²) in [5.74, 6) is -1.01. The second kappa shape index (κ2) is 10.9. The lowest BCUT2D eigenvalue weighted by Gasteiger charge is -2.12. The summed E-state index contributed by atoms with van der Waals surface area (Å²) in [7, 11) is 1.53. The quantitative estimate of drug-likeness (QED) is 0.191. The van der Waals surface area contributed by atoms with Gasteiger partial charge in [0.15, 0.2) is 17.3 Å². The van der Waals surface area contributed by atoms with Crippen molar-refractivity contribution in [1.82, 2.24) is 0 Å². The van der Waals surface area contributed by atoms with Gasteiger partial charge in [-0.05, 0) is 53.6 Å². The van der Waals surface area contributed by atoms with E-state index in [4.69, 9.17) is 9.47 Å². The smallest absolute Gasteiger partial charge is 0.195 e. The normalized spacial score (nSPS) is 11.0. The molecule has 0 amide bonds. The van der Waals surface area contributed by atoms with Gasteiger partial charge in [-0.15, -0.1) is 11.3 Å². The van der Waals surface area contributed by atoms with Gasteiger partial charge in [0, 0.05) is 22.9 Å². The van der Waals surface area contributed by atoms with E-state index in [1.165, 1.54) is 36.2 Å². The highest BCUT2D eigenvalue weighted by atomic mass is 32.1. The standard InChI is InChI=1S/C28H22F2O3S/c1-32-26-12-8-20(15-21(26)18-33-27-13-9-22(29)17-24(27)30)7-11-25(31)28-14-10-23(34-28)16-19-5-3-2-4-6-19/h2-15,17H,16,18H2,1H3/b11-7+. The van der Waals surface area contributed by atoms with Crippen LogP contribution in [0.5, 0.6) is 11.5 Å². The van der Waals surface area contributed by atoms with Gasteiger partial charge in [-0.3, -0.25) is 4.79 Å². The number of ether oxygens (including phenoxy) is 2. The first-order valence-corrected chi connectivity index (χ1v) is 11.4. The van der Waals surface area contributed by atoms with Gasteiger partial charge in [0.1, 0.15) is 18.2 Å². The summed E-state index contributed by atoms with van der Waals surface area (Å²) in [6.07, 6.45) is 4.05. The number of hydrogen-bond acceptors (Lipinski definition) is 4. The number of halogens is 2. The summed E-state index contributed by atoms with van der Waals surface area (Å²) in [5.41, 5.74) is 2.64. The molecule has 3 aromatic carbocycles. The van der Waals surface area contributed by atoms with Crippen molar-refractivity contribution in [2.24, 2.45) is 0 Å². The van der Waals surface area contributed by atoms with E-state index in [1.807, 2.05) is 36.4 Å². The first-order chi connectivity index (χ1) is 16.5. The number of carbonyl (C=O) groups is 1. The third-order valence-corrected chi connectivity index (χ3v) is 6.23. The second-order valence-electron chi connectivity index (χ2n) is 7.56. The Balaban J connectivity index is 1.44. The van der Waals surface area contributed by atoms with Gasteiger partial charge in [-0.1, -0.05) is 42.5 Å². The van der Waals surface area contributed by atoms with E-state index in [0.29, 0.717) is 16.2 Å². The zero-order chi connectivity index (χ0) is 23.9. The highest BCUT2D eigenvalue weighted by Gasteiger charge is 2.10. The minimum absolute atomic E-state index is 0.0229. The number of methoxy groups -OCH3 is 1. The molecule has 0 fully saturated rings. The monoisotopic (exact) mass is 476 g/mol. The van der Waals surface area contributed by atoms with Crippen molar-refractivity contribution in [1.29, 1.82) is 0 Å². The van der Waals surface area contributed by atoms with Crippen LogP contribution in [0.25, 0.3) is 6.08 Å². The molecule has 4 aromatic rings. The molecule has 0 atom stereocenters. The second-order valence-corrected chi connectivity index (χ2v) is 8.73. The van der Waals surface area contributed by atoms with Crippen LogP contribution >= 0.6 is 11.3 Å². The average Bonchev–Trinajstić information content (AvgIpc) is 3.31. The van der Waals surface area contributed by atoms with E-state index < -0.39 is 11.6 Å². The fourth-order valence-electron chi connectivity index (χ4n) is 3.42. The Morgan fingerprint density at radius 3 is 2.50 bits per heavy atom. The molecule has 0 spiro atoms. The number of rotatable bonds is 9. The Morgan fingerprint density at radius 1 is 0.941 bits per heavy atom. The van der Waals surface area contributed by atoms with Crippen LogP contribution in [0.3, 0.4) is 0 Å². The van der Waals surface area contributed by atoms with Crippen LogP contribution in [0, 0.1) is 11.6 Å². The number of allylic oxidation sites excluding steroid dienone is 1. The Morgan fingerprint density at radius 2 is 1.74 bits per heavy atom. The zero-order valence-electron chi connectivity index (χ0n) is 18.5. The van der Waals surface area contributed by atoms with Crippen LogP contribution in [0.1, 0.15) is 31.2 Å². The maximum Gasteiger partial charge on any atom is 0.195 e. The van der Waals surface area contributed by atoms with Crippen molar-refractivity contribution < 1.29 is 23.0 Å². The van der Waals surface area contributed by atoms with E-state index >= 15 is 0 Å². The molecule has 0 saturated carbocycles. The van der Waals surface area contributed by atoms with Gasteiger partial charge in [0.25, 0.3) is 0 Å². The largest absolute Gasteiger partial charge is 0.496 e. The predicted octanol–water partition coefficient (Wildman–Crippen LogP) is 7.10. The summed E-state index contributed by atoms with van der Waals surface area (Å²) < 4.78 is 37.8. The van der Waals surface area contributed by atoms with E-state index in [-0.39, 0.29) is 18.1 Å². The summed E-state index contributed by atoms with van der Waals surface area (Å²) >= 11 is 1.49. The molecule has 1 heterocycles. The average molecular weight is 477 g/mol. The molecule has 0 unspecified atom stereocenters. The molecule has 0 radical (unpaired) electrons. The van der Waals surface area contributed by atoms with Crippen molar-refractivity contribution in [2.75, 3.05) is 7.11 Å². The summed E-state index contributed by atoms with van der Waals surface area (Å²) in [6, 6.07) is 22.5. The molecule has 0 aliphatic carbocycles. The molecule has 1 aromatic heterocycles. The maximum absolute atomic E-state index is 13.9. The SMILES string of the molecule is COc1ccc(/C=C/C(=O)c2ccc(Cc3ccccc3)s2)cc1COc1ccc(F)cc1F. The van der Waals surface area contributed by atoms with Gasteiger partial charge in [-0.25, -0.2) is 8.78 Å². The number of ketones is 1. The first kappa shape index (κ1) is 23.4. The van der Waals surface area contributed by atoms with Gasteiger partial charge in [-0.2, -0.15) is 0 Å². The summed E-state index contributed by atoms with van der Waals surface area (Å²) in [6.45, 7) is 0.0229. The van der Waals surface area contributed by atoms with Gasteiger partial charge >= 0.3 is 0 Å². The number of thiophene rings is 1. The Labute approximate surface area is 200 Å². The lowest BCUT2D eigenvalue weighted by Crippen LogP contribution is -2.01. The van der Waals surface area contributed by atoms with Gasteiger partial charge in [0.2, 0.25) is 0 Å². The Bertz CT molecular complexity index is 1310. The molecular weight excluding hydrogens is 454 g/mol. The number of benzene rings is 3. The van der Waals surface area contributed by atoms with E-state index in [1.54, 1.807) is 18.2 Å². The van der Waals surface area contributed by atoms with Crippen molar-refractivity contribution in [3.63, 3.8) is 0 Å². The molecule has 0 aliphatic rings. The minimum atomic E-state index is -0.775. The molecule has 0 saturated heterocycles. The van der Waals surface area contributed by atoms with Crippen molar-refractivity contribution in [3.05, 3.63) is 123 Å². The lowest BCUT2D eigenvalue weighted by molar-refractivity contribution is 0.105. The van der Waals surface area contributed by atoms with Gasteiger partial charge in [0.05, 0.1) is 12.0 Å². The van der Waals surface area contributed by atoms with E-state index in [0.717, 1.165) is 29.0 Å². The van der Waals surface area contributed by atoms with Crippen molar-refractivity contribution >= 4 is 23.2 Å². The highest BCUT2D eigenvalue weighted by molar-refractivity contribution is 7.14. The summed E-state index contributed by atoms with van der Waals surface area (Å²) in [5, 5.41) is 0. The van der Waals surface area contributed by atoms with Gasteiger partial charge < -0.3 is 9.47 Å². The Hall–Kier alpha value is -3.77. The van der Waals surface area contributed by atoms with E-state index in [2.05, 4.69) is 12.1 Å². The lowest BCUT2D eigenvalue weighted by atomic mass is 10.1. The van der Waals surface area contributed by atoms with E-state index in [9.17, 15) is 13.6 Å². The fraction of sp³-hybridized carbons (Fsp3) is 0.107. The van der Waals surface area contributed by atoms with Crippen LogP contribution < -0.4 is 9.47 Å². The summed E-state index contributed by atoms with van der Waals surface area (Å²) in [4.78, 5) is 14.5. The van der Waals surface area contributed by atoms with Crippen LogP contribution in [-0.4, -0.2) is 12.9 Å². The van der Waals surface area contributed by atoms with Crippen LogP contribution in [-0.2, 0) is 13.0 Å². The van der Waals surface area contributed by atoms with Crippen LogP contribution in [0.4, 0.5) is 8.78 Å². The predicted molar refractivity (Wildman–Crippen MR) is 131 cm³/mol. The maximum atomic E-state index is 13.9. The third-order valence-electron chi connectivity index (χ3n) is 5.13. The highest BCUT2D eigenvalue weighted by Crippen LogP contribution is 2.25. The van der Waals surface area contributed by atoms with Crippen LogP contribution in [0.15, 0.2) is 84.9 Å². The molecule has 3 nitrogen and oxygen atoms in total. The van der Waals surface area contributed by atoms with Crippen molar-refractivity contribution in [3.8, 4) is 11.5 Å². The fourth-order valence-corrected chi connectivity index (χ4v) is 4.38. The molecule has 0 aliphatic heterocycles. The third kappa shape index (κ3) is 5.97. The molecule has 0 bridgehead atoms. The first-order valence-electron chi connectivity index (χ1n) is 10.6. The topological polar surface area (TPSA) is 35.5 Å². The molecule has 0 N–H and O–H groups in total.